The van der Waals surface area contributed by atoms with Gasteiger partial charge in [-0.3, -0.25) is 0 Å². The summed E-state index contributed by atoms with van der Waals surface area (Å²) in [7, 11) is -0.771. The van der Waals surface area contributed by atoms with Gasteiger partial charge in [-0.05, 0) is 24.3 Å². The SMILES string of the molecule is CN(SBr)P(=O)(Oc1ccccc1)Oc1ccccc1. The van der Waals surface area contributed by atoms with E-state index in [4.69, 9.17) is 9.05 Å². The molecule has 106 valence electrons. The summed E-state index contributed by atoms with van der Waals surface area (Å²) in [6.07, 6.45) is 0. The molecule has 0 unspecified atom stereocenters. The van der Waals surface area contributed by atoms with Crippen LogP contribution in [-0.4, -0.2) is 11.1 Å². The Labute approximate surface area is 130 Å². The fourth-order valence-corrected chi connectivity index (χ4v) is 4.37. The van der Waals surface area contributed by atoms with Crippen molar-refractivity contribution in [3.63, 3.8) is 0 Å². The minimum atomic E-state index is -3.50. The molecule has 7 heteroatoms. The Balaban J connectivity index is 2.24. The van der Waals surface area contributed by atoms with Gasteiger partial charge in [0, 0.05) is 32.2 Å². The molecule has 0 aliphatic rings. The largest absolute Gasteiger partial charge is 0.525 e. The molecule has 0 bridgehead atoms. The number of hydrogen-bond acceptors (Lipinski definition) is 4. The molecule has 2 aromatic carbocycles. The highest BCUT2D eigenvalue weighted by Gasteiger charge is 2.35. The summed E-state index contributed by atoms with van der Waals surface area (Å²) < 4.78 is 25.5. The fourth-order valence-electron chi connectivity index (χ4n) is 1.40. The molecule has 4 nitrogen and oxygen atoms in total. The highest BCUT2D eigenvalue weighted by atomic mass is 79.9. The van der Waals surface area contributed by atoms with Crippen molar-refractivity contribution in [1.29, 1.82) is 0 Å². The van der Waals surface area contributed by atoms with Crippen LogP contribution in [0.3, 0.4) is 0 Å². The molecular weight excluding hydrogens is 361 g/mol. The average molecular weight is 374 g/mol. The van der Waals surface area contributed by atoms with Crippen molar-refractivity contribution < 1.29 is 13.6 Å². The summed E-state index contributed by atoms with van der Waals surface area (Å²) in [4.78, 5) is 0. The first-order chi connectivity index (χ1) is 9.64. The van der Waals surface area contributed by atoms with Crippen LogP contribution in [0.1, 0.15) is 0 Å². The van der Waals surface area contributed by atoms with E-state index in [0.717, 1.165) is 10.4 Å². The van der Waals surface area contributed by atoms with E-state index in [2.05, 4.69) is 14.8 Å². The van der Waals surface area contributed by atoms with Crippen LogP contribution in [0.2, 0.25) is 0 Å². The van der Waals surface area contributed by atoms with Crippen LogP contribution < -0.4 is 9.05 Å². The molecule has 0 saturated heterocycles. The monoisotopic (exact) mass is 373 g/mol. The van der Waals surface area contributed by atoms with E-state index in [-0.39, 0.29) is 0 Å². The minimum Gasteiger partial charge on any atom is -0.404 e. The second kappa shape index (κ2) is 7.18. The fraction of sp³-hybridized carbons (Fsp3) is 0.0769. The van der Waals surface area contributed by atoms with Crippen LogP contribution in [0.15, 0.2) is 60.7 Å². The lowest BCUT2D eigenvalue weighted by molar-refractivity contribution is 0.353. The molecule has 0 amide bonds. The van der Waals surface area contributed by atoms with Crippen molar-refractivity contribution in [1.82, 2.24) is 4.08 Å². The molecule has 0 spiro atoms. The smallest absolute Gasteiger partial charge is 0.404 e. The van der Waals surface area contributed by atoms with E-state index in [9.17, 15) is 4.57 Å². The summed E-state index contributed by atoms with van der Waals surface area (Å²) in [6.45, 7) is 0. The van der Waals surface area contributed by atoms with Crippen LogP contribution in [0.5, 0.6) is 11.5 Å². The van der Waals surface area contributed by atoms with Crippen molar-refractivity contribution in [2.45, 2.75) is 0 Å². The summed E-state index contributed by atoms with van der Waals surface area (Å²) in [6, 6.07) is 17.9. The van der Waals surface area contributed by atoms with Crippen molar-refractivity contribution in [2.75, 3.05) is 7.05 Å². The van der Waals surface area contributed by atoms with Crippen LogP contribution in [-0.2, 0) is 4.57 Å². The maximum atomic E-state index is 12.9. The molecule has 0 saturated carbocycles. The Morgan fingerprint density at radius 2 is 1.35 bits per heavy atom. The molecule has 20 heavy (non-hydrogen) atoms. The molecule has 2 aromatic rings. The molecular formula is C13H13BrNO3PS. The third kappa shape index (κ3) is 4.03. The molecule has 0 heterocycles. The number of nitrogens with zero attached hydrogens (tertiary/aromatic N) is 1. The Hall–Kier alpha value is -0.940. The first kappa shape index (κ1) is 15.4. The summed E-state index contributed by atoms with van der Waals surface area (Å²) in [5.41, 5.74) is 0. The Morgan fingerprint density at radius 3 is 1.70 bits per heavy atom. The highest BCUT2D eigenvalue weighted by molar-refractivity contribution is 9.49. The van der Waals surface area contributed by atoms with Gasteiger partial charge in [0.1, 0.15) is 11.5 Å². The minimum absolute atomic E-state index is 0.486. The maximum Gasteiger partial charge on any atom is 0.525 e. The van der Waals surface area contributed by atoms with Gasteiger partial charge >= 0.3 is 7.75 Å². The molecule has 0 aliphatic carbocycles. The normalized spacial score (nSPS) is 11.3. The zero-order valence-corrected chi connectivity index (χ0v) is 14.0. The summed E-state index contributed by atoms with van der Waals surface area (Å²) >= 11 is 3.19. The van der Waals surface area contributed by atoms with Crippen LogP contribution in [0.4, 0.5) is 0 Å². The van der Waals surface area contributed by atoms with E-state index in [0.29, 0.717) is 11.5 Å². The second-order valence-electron chi connectivity index (χ2n) is 3.81. The van der Waals surface area contributed by atoms with Gasteiger partial charge in [0.15, 0.2) is 0 Å². The Kier molecular flexibility index (Phi) is 5.54. The molecule has 2 rings (SSSR count). The number of benzene rings is 2. The molecule has 0 radical (unpaired) electrons. The van der Waals surface area contributed by atoms with Gasteiger partial charge in [-0.2, -0.15) is 0 Å². The highest BCUT2D eigenvalue weighted by Crippen LogP contribution is 2.55. The second-order valence-corrected chi connectivity index (χ2v) is 7.54. The maximum absolute atomic E-state index is 12.9. The summed E-state index contributed by atoms with van der Waals surface area (Å²) in [5, 5.41) is 0. The third-order valence-corrected chi connectivity index (χ3v) is 6.96. The van der Waals surface area contributed by atoms with E-state index < -0.39 is 7.75 Å². The van der Waals surface area contributed by atoms with Gasteiger partial charge in [0.05, 0.1) is 0 Å². The number of hydrogen-bond donors (Lipinski definition) is 0. The Bertz CT molecular complexity index is 539. The Morgan fingerprint density at radius 1 is 0.950 bits per heavy atom. The van der Waals surface area contributed by atoms with Gasteiger partial charge in [0.25, 0.3) is 0 Å². The van der Waals surface area contributed by atoms with Crippen molar-refractivity contribution in [3.05, 3.63) is 60.7 Å². The molecule has 0 N–H and O–H groups in total. The predicted octanol–water partition coefficient (Wildman–Crippen LogP) is 5.14. The lowest BCUT2D eigenvalue weighted by atomic mass is 10.3. The average Bonchev–Trinajstić information content (AvgIpc) is 2.48. The number of halogens is 1. The van der Waals surface area contributed by atoms with Crippen molar-refractivity contribution >= 4 is 32.9 Å². The molecule has 0 aromatic heterocycles. The standard InChI is InChI=1S/C13H13BrNO3PS/c1-15(20-14)19(16,17-12-8-4-2-5-9-12)18-13-10-6-3-7-11-13/h2-11H,1H3. The van der Waals surface area contributed by atoms with Crippen molar-refractivity contribution in [3.8, 4) is 11.5 Å². The van der Waals surface area contributed by atoms with Gasteiger partial charge in [-0.25, -0.2) is 4.57 Å². The molecule has 0 atom stereocenters. The van der Waals surface area contributed by atoms with Gasteiger partial charge in [-0.15, -0.1) is 4.08 Å². The van der Waals surface area contributed by atoms with E-state index >= 15 is 0 Å². The molecule has 0 fully saturated rings. The lowest BCUT2D eigenvalue weighted by Crippen LogP contribution is -2.14. The van der Waals surface area contributed by atoms with Crippen LogP contribution in [0, 0.1) is 0 Å². The van der Waals surface area contributed by atoms with E-state index in [1.54, 1.807) is 31.3 Å². The van der Waals surface area contributed by atoms with E-state index in [1.165, 1.54) is 4.08 Å². The zero-order valence-electron chi connectivity index (χ0n) is 10.7. The quantitative estimate of drug-likeness (QED) is 0.517. The first-order valence-corrected chi connectivity index (χ1v) is 9.87. The third-order valence-electron chi connectivity index (χ3n) is 2.37. The lowest BCUT2D eigenvalue weighted by Gasteiger charge is -2.24. The topological polar surface area (TPSA) is 38.8 Å². The number of rotatable bonds is 6. The predicted molar refractivity (Wildman–Crippen MR) is 86.0 cm³/mol. The van der Waals surface area contributed by atoms with Gasteiger partial charge < -0.3 is 9.05 Å². The first-order valence-electron chi connectivity index (χ1n) is 5.76. The van der Waals surface area contributed by atoms with Crippen LogP contribution in [0.25, 0.3) is 0 Å². The van der Waals surface area contributed by atoms with Gasteiger partial charge in [0.2, 0.25) is 0 Å². The van der Waals surface area contributed by atoms with Crippen molar-refractivity contribution in [2.24, 2.45) is 0 Å². The van der Waals surface area contributed by atoms with Crippen LogP contribution >= 0.6 is 32.9 Å². The zero-order chi connectivity index (χ0) is 14.4. The summed E-state index contributed by atoms with van der Waals surface area (Å²) in [5.74, 6) is 0.973. The number of para-hydroxylation sites is 2. The van der Waals surface area contributed by atoms with Gasteiger partial charge in [-0.1, -0.05) is 36.4 Å². The molecule has 0 aliphatic heterocycles. The van der Waals surface area contributed by atoms with E-state index in [1.807, 2.05) is 36.4 Å².